The first kappa shape index (κ1) is 18.0. The quantitative estimate of drug-likeness (QED) is 0.779. The molecule has 0 saturated carbocycles. The van der Waals surface area contributed by atoms with Crippen molar-refractivity contribution in [3.05, 3.63) is 46.0 Å². The molecular weight excluding hydrogens is 340 g/mol. The second kappa shape index (κ2) is 6.36. The van der Waals surface area contributed by atoms with Gasteiger partial charge in [0.05, 0.1) is 21.3 Å². The van der Waals surface area contributed by atoms with Gasteiger partial charge in [-0.2, -0.15) is 0 Å². The molecule has 0 saturated heterocycles. The molecule has 1 aliphatic heterocycles. The Morgan fingerprint density at radius 2 is 1.74 bits per heavy atom. The number of hydrogen-bond donors (Lipinski definition) is 0. The second-order valence-electron chi connectivity index (χ2n) is 8.09. The zero-order chi connectivity index (χ0) is 19.3. The van der Waals surface area contributed by atoms with Crippen LogP contribution in [0.5, 0.6) is 23.0 Å². The maximum atomic E-state index is 6.48. The average molecular weight is 368 g/mol. The van der Waals surface area contributed by atoms with E-state index in [1.807, 2.05) is 6.07 Å². The number of rotatable bonds is 3. The van der Waals surface area contributed by atoms with Gasteiger partial charge in [-0.25, -0.2) is 0 Å². The van der Waals surface area contributed by atoms with Gasteiger partial charge in [0.1, 0.15) is 17.1 Å². The minimum absolute atomic E-state index is 0.249. The molecule has 0 N–H and O–H groups in total. The Bertz CT molecular complexity index is 898. The molecule has 1 aliphatic carbocycles. The van der Waals surface area contributed by atoms with Crippen molar-refractivity contribution in [2.24, 2.45) is 0 Å². The first-order valence-electron chi connectivity index (χ1n) is 9.53. The molecular formula is C23H28O4. The van der Waals surface area contributed by atoms with Gasteiger partial charge in [-0.3, -0.25) is 0 Å². The lowest BCUT2D eigenvalue weighted by atomic mass is 9.77. The third-order valence-electron chi connectivity index (χ3n) is 5.95. The molecule has 4 rings (SSSR count). The van der Waals surface area contributed by atoms with Gasteiger partial charge in [0.25, 0.3) is 0 Å². The molecule has 0 unspecified atom stereocenters. The summed E-state index contributed by atoms with van der Waals surface area (Å²) in [5, 5.41) is 0. The first-order chi connectivity index (χ1) is 12.9. The van der Waals surface area contributed by atoms with E-state index < -0.39 is 0 Å². The summed E-state index contributed by atoms with van der Waals surface area (Å²) in [7, 11) is 5.15. The van der Waals surface area contributed by atoms with Crippen LogP contribution in [0.1, 0.15) is 54.0 Å². The van der Waals surface area contributed by atoms with Crippen LogP contribution >= 0.6 is 0 Å². The highest BCUT2D eigenvalue weighted by molar-refractivity contribution is 5.63. The van der Waals surface area contributed by atoms with E-state index in [0.29, 0.717) is 0 Å². The summed E-state index contributed by atoms with van der Waals surface area (Å²) >= 11 is 0. The minimum Gasteiger partial charge on any atom is -0.496 e. The third-order valence-corrected chi connectivity index (χ3v) is 5.95. The predicted molar refractivity (Wildman–Crippen MR) is 106 cm³/mol. The molecule has 4 heteroatoms. The number of fused-ring (bicyclic) bond motifs is 2. The van der Waals surface area contributed by atoms with Crippen LogP contribution in [0.15, 0.2) is 18.2 Å². The molecule has 2 aromatic rings. The molecule has 2 aliphatic rings. The molecule has 27 heavy (non-hydrogen) atoms. The summed E-state index contributed by atoms with van der Waals surface area (Å²) in [4.78, 5) is 0. The van der Waals surface area contributed by atoms with E-state index >= 15 is 0 Å². The predicted octanol–water partition coefficient (Wildman–Crippen LogP) is 4.81. The van der Waals surface area contributed by atoms with Crippen LogP contribution in [0.25, 0.3) is 0 Å². The number of methoxy groups -OCH3 is 3. The van der Waals surface area contributed by atoms with Crippen LogP contribution in [-0.2, 0) is 12.8 Å². The van der Waals surface area contributed by atoms with E-state index in [1.54, 1.807) is 21.3 Å². The fourth-order valence-electron chi connectivity index (χ4n) is 4.76. The van der Waals surface area contributed by atoms with E-state index in [-0.39, 0.29) is 11.5 Å². The van der Waals surface area contributed by atoms with Gasteiger partial charge in [-0.15, -0.1) is 0 Å². The average Bonchev–Trinajstić information content (AvgIpc) is 2.80. The van der Waals surface area contributed by atoms with Crippen LogP contribution in [-0.4, -0.2) is 26.9 Å². The monoisotopic (exact) mass is 368 g/mol. The lowest BCUT2D eigenvalue weighted by Crippen LogP contribution is -2.36. The van der Waals surface area contributed by atoms with E-state index in [1.165, 1.54) is 22.3 Å². The highest BCUT2D eigenvalue weighted by Crippen LogP contribution is 2.53. The number of ether oxygens (including phenoxy) is 4. The topological polar surface area (TPSA) is 36.9 Å². The van der Waals surface area contributed by atoms with Crippen molar-refractivity contribution in [2.45, 2.75) is 51.6 Å². The normalized spacial score (nSPS) is 19.3. The van der Waals surface area contributed by atoms with E-state index in [4.69, 9.17) is 18.9 Å². The molecule has 0 fully saturated rings. The Kier molecular flexibility index (Phi) is 4.25. The van der Waals surface area contributed by atoms with Crippen molar-refractivity contribution in [2.75, 3.05) is 21.3 Å². The summed E-state index contributed by atoms with van der Waals surface area (Å²) < 4.78 is 23.5. The molecule has 0 bridgehead atoms. The maximum Gasteiger partial charge on any atom is 0.164 e. The van der Waals surface area contributed by atoms with E-state index in [0.717, 1.165) is 47.8 Å². The van der Waals surface area contributed by atoms with Crippen LogP contribution in [0, 0.1) is 6.92 Å². The Morgan fingerprint density at radius 3 is 2.41 bits per heavy atom. The molecule has 0 radical (unpaired) electrons. The standard InChI is InChI=1S/C23H28O4/c1-13-19(25-5)11-14-7-8-16-15(9-10-18(24-4)22(16)26-6)17-12-23(2,3)27-21(13)20(14)17/h9-11,17H,7-8,12H2,1-6H3/t17-/m0/s1. The van der Waals surface area contributed by atoms with Crippen LogP contribution in [0.4, 0.5) is 0 Å². The van der Waals surface area contributed by atoms with Crippen molar-refractivity contribution in [1.82, 2.24) is 0 Å². The number of hydrogen-bond acceptors (Lipinski definition) is 4. The number of benzene rings is 2. The lowest BCUT2D eigenvalue weighted by molar-refractivity contribution is 0.0758. The van der Waals surface area contributed by atoms with Gasteiger partial charge in [-0.1, -0.05) is 6.07 Å². The van der Waals surface area contributed by atoms with E-state index in [9.17, 15) is 0 Å². The van der Waals surface area contributed by atoms with Crippen LogP contribution in [0.3, 0.4) is 0 Å². The summed E-state index contributed by atoms with van der Waals surface area (Å²) in [6, 6.07) is 6.43. The molecule has 2 aromatic carbocycles. The van der Waals surface area contributed by atoms with Crippen molar-refractivity contribution < 1.29 is 18.9 Å². The smallest absolute Gasteiger partial charge is 0.164 e. The Balaban J connectivity index is 2.00. The van der Waals surface area contributed by atoms with Gasteiger partial charge in [-0.05, 0) is 63.3 Å². The number of aryl methyl sites for hydroxylation is 1. The summed E-state index contributed by atoms with van der Waals surface area (Å²) in [6.45, 7) is 6.42. The molecule has 1 atom stereocenters. The summed E-state index contributed by atoms with van der Waals surface area (Å²) in [5.41, 5.74) is 6.04. The van der Waals surface area contributed by atoms with Gasteiger partial charge in [0, 0.05) is 22.6 Å². The van der Waals surface area contributed by atoms with Crippen molar-refractivity contribution in [3.63, 3.8) is 0 Å². The first-order valence-corrected chi connectivity index (χ1v) is 9.53. The van der Waals surface area contributed by atoms with E-state index in [2.05, 4.69) is 32.9 Å². The van der Waals surface area contributed by atoms with Gasteiger partial charge in [0.15, 0.2) is 11.5 Å². The zero-order valence-electron chi connectivity index (χ0n) is 17.1. The molecule has 0 spiro atoms. The van der Waals surface area contributed by atoms with Crippen molar-refractivity contribution in [1.29, 1.82) is 0 Å². The van der Waals surface area contributed by atoms with Crippen molar-refractivity contribution in [3.8, 4) is 23.0 Å². The Morgan fingerprint density at radius 1 is 1.00 bits per heavy atom. The largest absolute Gasteiger partial charge is 0.496 e. The highest BCUT2D eigenvalue weighted by Gasteiger charge is 2.40. The summed E-state index contributed by atoms with van der Waals surface area (Å²) in [5.74, 6) is 3.82. The van der Waals surface area contributed by atoms with Crippen LogP contribution in [0.2, 0.25) is 0 Å². The molecule has 0 aromatic heterocycles. The van der Waals surface area contributed by atoms with Crippen LogP contribution < -0.4 is 18.9 Å². The maximum absolute atomic E-state index is 6.48. The molecule has 4 nitrogen and oxygen atoms in total. The second-order valence-corrected chi connectivity index (χ2v) is 8.09. The van der Waals surface area contributed by atoms with Gasteiger partial charge >= 0.3 is 0 Å². The molecule has 144 valence electrons. The highest BCUT2D eigenvalue weighted by atomic mass is 16.5. The third kappa shape index (κ3) is 2.73. The van der Waals surface area contributed by atoms with Gasteiger partial charge in [0.2, 0.25) is 0 Å². The fraction of sp³-hybridized carbons (Fsp3) is 0.478. The van der Waals surface area contributed by atoms with Crippen molar-refractivity contribution >= 4 is 0 Å². The Hall–Kier alpha value is -2.36. The summed E-state index contributed by atoms with van der Waals surface area (Å²) in [6.07, 6.45) is 2.77. The minimum atomic E-state index is -0.249. The molecule has 0 amide bonds. The lowest BCUT2D eigenvalue weighted by Gasteiger charge is -2.40. The van der Waals surface area contributed by atoms with Gasteiger partial charge < -0.3 is 18.9 Å². The SMILES string of the molecule is COc1cc2c3c(c1C)OC(C)(C)C[C@H]3c1ccc(OC)c(OC)c1CC2. The molecule has 1 heterocycles. The Labute approximate surface area is 161 Å². The fourth-order valence-corrected chi connectivity index (χ4v) is 4.76. The zero-order valence-corrected chi connectivity index (χ0v) is 17.1.